The molecule has 2 aromatic heterocycles. The van der Waals surface area contributed by atoms with Gasteiger partial charge < -0.3 is 4.90 Å². The normalized spacial score (nSPS) is 19.1. The molecule has 7 heteroatoms. The number of halogens is 1. The van der Waals surface area contributed by atoms with E-state index in [9.17, 15) is 0 Å². The van der Waals surface area contributed by atoms with Crippen molar-refractivity contribution in [2.45, 2.75) is 19.0 Å². The van der Waals surface area contributed by atoms with Crippen molar-refractivity contribution in [3.8, 4) is 0 Å². The summed E-state index contributed by atoms with van der Waals surface area (Å²) in [4.78, 5) is 13.1. The van der Waals surface area contributed by atoms with Crippen LogP contribution in [0.2, 0.25) is 0 Å². The van der Waals surface area contributed by atoms with Gasteiger partial charge in [0.15, 0.2) is 0 Å². The Labute approximate surface area is 132 Å². The second-order valence-electron chi connectivity index (χ2n) is 5.60. The van der Waals surface area contributed by atoms with E-state index in [0.717, 1.165) is 42.0 Å². The van der Waals surface area contributed by atoms with Crippen LogP contribution >= 0.6 is 15.9 Å². The Morgan fingerprint density at radius 1 is 1.29 bits per heavy atom. The molecule has 1 aliphatic rings. The van der Waals surface area contributed by atoms with E-state index in [2.05, 4.69) is 40.6 Å². The fourth-order valence-electron chi connectivity index (χ4n) is 2.61. The molecule has 0 saturated carbocycles. The molecule has 1 atom stereocenters. The summed E-state index contributed by atoms with van der Waals surface area (Å²) in [5, 5.41) is 4.38. The summed E-state index contributed by atoms with van der Waals surface area (Å²) in [5.41, 5.74) is 1.16. The number of anilines is 1. The molecule has 6 nitrogen and oxygen atoms in total. The third-order valence-corrected chi connectivity index (χ3v) is 4.10. The molecule has 0 radical (unpaired) electrons. The lowest BCUT2D eigenvalue weighted by molar-refractivity contribution is 0.311. The van der Waals surface area contributed by atoms with Crippen molar-refractivity contribution in [2.75, 3.05) is 32.1 Å². The zero-order valence-corrected chi connectivity index (χ0v) is 13.9. The summed E-state index contributed by atoms with van der Waals surface area (Å²) in [5.74, 6) is 0.749. The third kappa shape index (κ3) is 3.41. The molecule has 21 heavy (non-hydrogen) atoms. The summed E-state index contributed by atoms with van der Waals surface area (Å²) >= 11 is 3.45. The first-order valence-corrected chi connectivity index (χ1v) is 7.81. The predicted octanol–water partition coefficient (Wildman–Crippen LogP) is 1.95. The van der Waals surface area contributed by atoms with E-state index in [4.69, 9.17) is 0 Å². The number of hydrogen-bond donors (Lipinski definition) is 0. The highest BCUT2D eigenvalue weighted by molar-refractivity contribution is 9.10. The molecular formula is C14H19BrN6. The molecule has 1 fully saturated rings. The van der Waals surface area contributed by atoms with Crippen molar-refractivity contribution in [1.29, 1.82) is 0 Å². The van der Waals surface area contributed by atoms with Crippen LogP contribution in [0.25, 0.3) is 0 Å². The molecule has 3 rings (SSSR count). The molecular weight excluding hydrogens is 332 g/mol. The third-order valence-electron chi connectivity index (χ3n) is 3.69. The van der Waals surface area contributed by atoms with Gasteiger partial charge in [0.1, 0.15) is 0 Å². The predicted molar refractivity (Wildman–Crippen MR) is 85.2 cm³/mol. The maximum Gasteiger partial charge on any atom is 0.224 e. The molecule has 1 unspecified atom stereocenters. The first-order chi connectivity index (χ1) is 10.1. The molecule has 1 saturated heterocycles. The quantitative estimate of drug-likeness (QED) is 0.843. The van der Waals surface area contributed by atoms with Gasteiger partial charge >= 0.3 is 0 Å². The molecule has 0 aromatic carbocycles. The Morgan fingerprint density at radius 2 is 2.05 bits per heavy atom. The Morgan fingerprint density at radius 3 is 2.67 bits per heavy atom. The van der Waals surface area contributed by atoms with E-state index in [1.165, 1.54) is 0 Å². The lowest BCUT2D eigenvalue weighted by Gasteiger charge is -2.16. The van der Waals surface area contributed by atoms with E-state index < -0.39 is 0 Å². The topological polar surface area (TPSA) is 50.1 Å². The summed E-state index contributed by atoms with van der Waals surface area (Å²) in [7, 11) is 3.89. The van der Waals surface area contributed by atoms with Gasteiger partial charge in [-0.3, -0.25) is 9.58 Å². The number of aromatic nitrogens is 4. The van der Waals surface area contributed by atoms with E-state index in [0.29, 0.717) is 6.04 Å². The smallest absolute Gasteiger partial charge is 0.224 e. The molecule has 2 aromatic rings. The summed E-state index contributed by atoms with van der Waals surface area (Å²) in [6.45, 7) is 2.99. The zero-order chi connectivity index (χ0) is 14.8. The van der Waals surface area contributed by atoms with Crippen molar-refractivity contribution in [1.82, 2.24) is 24.6 Å². The first-order valence-electron chi connectivity index (χ1n) is 7.02. The molecule has 0 N–H and O–H groups in total. The van der Waals surface area contributed by atoms with Gasteiger partial charge in [0, 0.05) is 57.9 Å². The Kier molecular flexibility index (Phi) is 4.21. The monoisotopic (exact) mass is 350 g/mol. The standard InChI is InChI=1S/C14H19BrN6/c1-19(2)14-16-5-11(6-17-14)8-20-4-3-13(10-20)21-9-12(15)7-18-21/h5-7,9,13H,3-4,8,10H2,1-2H3. The largest absolute Gasteiger partial charge is 0.347 e. The zero-order valence-electron chi connectivity index (χ0n) is 12.3. The van der Waals surface area contributed by atoms with Crippen LogP contribution in [0.5, 0.6) is 0 Å². The van der Waals surface area contributed by atoms with E-state index in [1.807, 2.05) is 43.8 Å². The number of nitrogens with zero attached hydrogens (tertiary/aromatic N) is 6. The fraction of sp³-hybridized carbons (Fsp3) is 0.500. The van der Waals surface area contributed by atoms with Gasteiger partial charge in [-0.2, -0.15) is 5.10 Å². The van der Waals surface area contributed by atoms with Crippen LogP contribution < -0.4 is 4.90 Å². The van der Waals surface area contributed by atoms with Crippen LogP contribution in [-0.2, 0) is 6.54 Å². The lowest BCUT2D eigenvalue weighted by Crippen LogP contribution is -2.22. The highest BCUT2D eigenvalue weighted by atomic mass is 79.9. The maximum absolute atomic E-state index is 4.38. The Balaban J connectivity index is 1.59. The highest BCUT2D eigenvalue weighted by Gasteiger charge is 2.24. The summed E-state index contributed by atoms with van der Waals surface area (Å²) in [6, 6.07) is 0.457. The molecule has 112 valence electrons. The van der Waals surface area contributed by atoms with Gasteiger partial charge in [-0.25, -0.2) is 9.97 Å². The molecule has 0 spiro atoms. The molecule has 0 amide bonds. The second kappa shape index (κ2) is 6.11. The van der Waals surface area contributed by atoms with Crippen LogP contribution in [0.4, 0.5) is 5.95 Å². The second-order valence-corrected chi connectivity index (χ2v) is 6.52. The Bertz CT molecular complexity index is 594. The van der Waals surface area contributed by atoms with Gasteiger partial charge in [-0.05, 0) is 22.4 Å². The number of hydrogen-bond acceptors (Lipinski definition) is 5. The van der Waals surface area contributed by atoms with Gasteiger partial charge in [-0.15, -0.1) is 0 Å². The van der Waals surface area contributed by atoms with Crippen LogP contribution in [-0.4, -0.2) is 51.8 Å². The van der Waals surface area contributed by atoms with Gasteiger partial charge in [-0.1, -0.05) is 0 Å². The fourth-order valence-corrected chi connectivity index (χ4v) is 2.91. The van der Waals surface area contributed by atoms with E-state index in [-0.39, 0.29) is 0 Å². The van der Waals surface area contributed by atoms with Crippen LogP contribution in [0.15, 0.2) is 29.3 Å². The molecule has 0 aliphatic carbocycles. The highest BCUT2D eigenvalue weighted by Crippen LogP contribution is 2.23. The van der Waals surface area contributed by atoms with Crippen molar-refractivity contribution in [3.05, 3.63) is 34.8 Å². The van der Waals surface area contributed by atoms with Crippen LogP contribution in [0.3, 0.4) is 0 Å². The van der Waals surface area contributed by atoms with Crippen LogP contribution in [0.1, 0.15) is 18.0 Å². The van der Waals surface area contributed by atoms with Crippen molar-refractivity contribution < 1.29 is 0 Å². The van der Waals surface area contributed by atoms with Crippen molar-refractivity contribution >= 4 is 21.9 Å². The number of likely N-dealkylation sites (tertiary alicyclic amines) is 1. The van der Waals surface area contributed by atoms with Crippen LogP contribution in [0, 0.1) is 0 Å². The molecule has 0 bridgehead atoms. The summed E-state index contributed by atoms with van der Waals surface area (Å²) in [6.07, 6.45) is 8.85. The van der Waals surface area contributed by atoms with E-state index in [1.54, 1.807) is 0 Å². The molecule has 1 aliphatic heterocycles. The minimum Gasteiger partial charge on any atom is -0.347 e. The summed E-state index contributed by atoms with van der Waals surface area (Å²) < 4.78 is 3.09. The maximum atomic E-state index is 4.38. The van der Waals surface area contributed by atoms with Gasteiger partial charge in [0.25, 0.3) is 0 Å². The van der Waals surface area contributed by atoms with E-state index >= 15 is 0 Å². The van der Waals surface area contributed by atoms with Gasteiger partial charge in [0.05, 0.1) is 16.7 Å². The first kappa shape index (κ1) is 14.5. The molecule has 3 heterocycles. The minimum absolute atomic E-state index is 0.457. The van der Waals surface area contributed by atoms with Crippen molar-refractivity contribution in [2.24, 2.45) is 0 Å². The SMILES string of the molecule is CN(C)c1ncc(CN2CCC(n3cc(Br)cn3)C2)cn1. The average molecular weight is 351 g/mol. The minimum atomic E-state index is 0.457. The average Bonchev–Trinajstić information content (AvgIpc) is 3.08. The van der Waals surface area contributed by atoms with Gasteiger partial charge in [0.2, 0.25) is 5.95 Å². The number of rotatable bonds is 4. The van der Waals surface area contributed by atoms with Crippen molar-refractivity contribution in [3.63, 3.8) is 0 Å². The Hall–Kier alpha value is -1.47. The lowest BCUT2D eigenvalue weighted by atomic mass is 10.3.